The Kier molecular flexibility index (Phi) is 5.88. The third kappa shape index (κ3) is 4.42. The standard InChI is InChI=1S/C19H17N3O4/c20-22-21-9-10-24-11-12-25-15-7-5-14(6-8-15)19-13-17(23)16-3-1-2-4-18(16)26-19/h1-8,13H,9-12H2. The van der Waals surface area contributed by atoms with E-state index in [1.165, 1.54) is 6.07 Å². The lowest BCUT2D eigenvalue weighted by Gasteiger charge is -2.08. The number of fused-ring (bicyclic) bond motifs is 1. The molecule has 0 atom stereocenters. The number of benzene rings is 2. The lowest BCUT2D eigenvalue weighted by molar-refractivity contribution is 0.106. The summed E-state index contributed by atoms with van der Waals surface area (Å²) in [6.45, 7) is 1.47. The first-order valence-electron chi connectivity index (χ1n) is 8.12. The van der Waals surface area contributed by atoms with E-state index in [0.717, 1.165) is 5.56 Å². The molecule has 0 saturated heterocycles. The third-order valence-corrected chi connectivity index (χ3v) is 3.67. The van der Waals surface area contributed by atoms with Crippen LogP contribution in [0.2, 0.25) is 0 Å². The molecule has 0 aliphatic heterocycles. The second-order valence-electron chi connectivity index (χ2n) is 5.41. The quantitative estimate of drug-likeness (QED) is 0.263. The fraction of sp³-hybridized carbons (Fsp3) is 0.211. The van der Waals surface area contributed by atoms with Crippen molar-refractivity contribution in [2.45, 2.75) is 0 Å². The summed E-state index contributed by atoms with van der Waals surface area (Å²) in [5.74, 6) is 1.21. The summed E-state index contributed by atoms with van der Waals surface area (Å²) in [7, 11) is 0. The fourth-order valence-electron chi connectivity index (χ4n) is 2.43. The number of rotatable bonds is 8. The van der Waals surface area contributed by atoms with E-state index in [1.807, 2.05) is 36.4 Å². The van der Waals surface area contributed by atoms with Gasteiger partial charge in [0.15, 0.2) is 5.43 Å². The average Bonchev–Trinajstić information content (AvgIpc) is 2.68. The molecule has 132 valence electrons. The van der Waals surface area contributed by atoms with Crippen LogP contribution in [0, 0.1) is 0 Å². The zero-order valence-electron chi connectivity index (χ0n) is 14.0. The monoisotopic (exact) mass is 351 g/mol. The van der Waals surface area contributed by atoms with Crippen LogP contribution in [-0.2, 0) is 4.74 Å². The Balaban J connectivity index is 1.61. The first kappa shape index (κ1) is 17.5. The van der Waals surface area contributed by atoms with Gasteiger partial charge in [-0.15, -0.1) is 0 Å². The molecule has 0 unspecified atom stereocenters. The average molecular weight is 351 g/mol. The Hall–Kier alpha value is -3.28. The van der Waals surface area contributed by atoms with Crippen LogP contribution in [0.3, 0.4) is 0 Å². The molecule has 0 fully saturated rings. The van der Waals surface area contributed by atoms with Crippen LogP contribution < -0.4 is 10.2 Å². The summed E-state index contributed by atoms with van der Waals surface area (Å²) in [4.78, 5) is 14.8. The van der Waals surface area contributed by atoms with E-state index >= 15 is 0 Å². The molecule has 0 aliphatic carbocycles. The minimum Gasteiger partial charge on any atom is -0.491 e. The lowest BCUT2D eigenvalue weighted by Crippen LogP contribution is -2.08. The van der Waals surface area contributed by atoms with Crippen molar-refractivity contribution in [3.05, 3.63) is 75.3 Å². The summed E-state index contributed by atoms with van der Waals surface area (Å²) in [6.07, 6.45) is 0. The van der Waals surface area contributed by atoms with Crippen LogP contribution in [0.5, 0.6) is 5.75 Å². The second kappa shape index (κ2) is 8.71. The van der Waals surface area contributed by atoms with E-state index in [9.17, 15) is 4.79 Å². The van der Waals surface area contributed by atoms with Crippen molar-refractivity contribution < 1.29 is 13.9 Å². The van der Waals surface area contributed by atoms with E-state index in [2.05, 4.69) is 10.0 Å². The highest BCUT2D eigenvalue weighted by molar-refractivity contribution is 5.78. The molecule has 0 spiro atoms. The summed E-state index contributed by atoms with van der Waals surface area (Å²) in [5, 5.41) is 3.94. The molecule has 3 aromatic rings. The number of azide groups is 1. The van der Waals surface area contributed by atoms with E-state index < -0.39 is 0 Å². The highest BCUT2D eigenvalue weighted by atomic mass is 16.5. The number of ether oxygens (including phenoxy) is 2. The maximum atomic E-state index is 12.2. The summed E-state index contributed by atoms with van der Waals surface area (Å²) >= 11 is 0. The van der Waals surface area contributed by atoms with Gasteiger partial charge >= 0.3 is 0 Å². The van der Waals surface area contributed by atoms with E-state index in [4.69, 9.17) is 19.4 Å². The van der Waals surface area contributed by atoms with Gasteiger partial charge in [-0.3, -0.25) is 4.79 Å². The van der Waals surface area contributed by atoms with Crippen LogP contribution in [0.25, 0.3) is 32.7 Å². The van der Waals surface area contributed by atoms with Crippen LogP contribution in [-0.4, -0.2) is 26.4 Å². The molecule has 1 heterocycles. The molecule has 26 heavy (non-hydrogen) atoms. The maximum absolute atomic E-state index is 12.2. The van der Waals surface area contributed by atoms with E-state index in [0.29, 0.717) is 48.8 Å². The predicted molar refractivity (Wildman–Crippen MR) is 98.2 cm³/mol. The summed E-state index contributed by atoms with van der Waals surface area (Å²) in [6, 6.07) is 16.0. The van der Waals surface area contributed by atoms with Gasteiger partial charge < -0.3 is 13.9 Å². The summed E-state index contributed by atoms with van der Waals surface area (Å²) < 4.78 is 16.7. The maximum Gasteiger partial charge on any atom is 0.193 e. The van der Waals surface area contributed by atoms with Crippen LogP contribution in [0.4, 0.5) is 0 Å². The van der Waals surface area contributed by atoms with Crippen molar-refractivity contribution in [1.82, 2.24) is 0 Å². The van der Waals surface area contributed by atoms with Gasteiger partial charge in [0, 0.05) is 23.1 Å². The Labute approximate surface area is 149 Å². The van der Waals surface area contributed by atoms with Gasteiger partial charge in [-0.1, -0.05) is 17.2 Å². The Bertz CT molecular complexity index is 976. The molecule has 0 N–H and O–H groups in total. The van der Waals surface area contributed by atoms with Gasteiger partial charge in [-0.2, -0.15) is 0 Å². The number of nitrogens with zero attached hydrogens (tertiary/aromatic N) is 3. The molecule has 3 rings (SSSR count). The first-order valence-corrected chi connectivity index (χ1v) is 8.12. The summed E-state index contributed by atoms with van der Waals surface area (Å²) in [5.41, 5.74) is 9.43. The number of hydrogen-bond acceptors (Lipinski definition) is 5. The molecule has 1 aromatic heterocycles. The Morgan fingerprint density at radius 1 is 1.04 bits per heavy atom. The zero-order valence-corrected chi connectivity index (χ0v) is 14.0. The molecule has 0 amide bonds. The number of hydrogen-bond donors (Lipinski definition) is 0. The SMILES string of the molecule is [N-]=[N+]=NCCOCCOc1ccc(-c2cc(=O)c3ccccc3o2)cc1. The van der Waals surface area contributed by atoms with Gasteiger partial charge in [0.25, 0.3) is 0 Å². The minimum atomic E-state index is -0.0694. The Morgan fingerprint density at radius 2 is 1.85 bits per heavy atom. The van der Waals surface area contributed by atoms with Crippen molar-refractivity contribution >= 4 is 11.0 Å². The van der Waals surface area contributed by atoms with Gasteiger partial charge in [-0.05, 0) is 41.9 Å². The van der Waals surface area contributed by atoms with Crippen molar-refractivity contribution in [2.75, 3.05) is 26.4 Å². The molecule has 7 nitrogen and oxygen atoms in total. The molecule has 0 saturated carbocycles. The largest absolute Gasteiger partial charge is 0.491 e. The normalized spacial score (nSPS) is 10.5. The molecule has 0 radical (unpaired) electrons. The highest BCUT2D eigenvalue weighted by Crippen LogP contribution is 2.24. The van der Waals surface area contributed by atoms with Crippen LogP contribution >= 0.6 is 0 Å². The van der Waals surface area contributed by atoms with Gasteiger partial charge in [0.1, 0.15) is 23.7 Å². The first-order chi connectivity index (χ1) is 12.8. The second-order valence-corrected chi connectivity index (χ2v) is 5.41. The van der Waals surface area contributed by atoms with Crippen molar-refractivity contribution in [3.8, 4) is 17.1 Å². The molecule has 2 aromatic carbocycles. The zero-order chi connectivity index (χ0) is 18.2. The van der Waals surface area contributed by atoms with Crippen molar-refractivity contribution in [2.24, 2.45) is 5.11 Å². The third-order valence-electron chi connectivity index (χ3n) is 3.67. The molecule has 0 aliphatic rings. The molecular weight excluding hydrogens is 334 g/mol. The highest BCUT2D eigenvalue weighted by Gasteiger charge is 2.06. The molecule has 7 heteroatoms. The smallest absolute Gasteiger partial charge is 0.193 e. The predicted octanol–water partition coefficient (Wildman–Crippen LogP) is 4.17. The van der Waals surface area contributed by atoms with Crippen LogP contribution in [0.15, 0.2) is 68.9 Å². The van der Waals surface area contributed by atoms with Crippen LogP contribution in [0.1, 0.15) is 0 Å². The van der Waals surface area contributed by atoms with Gasteiger partial charge in [-0.25, -0.2) is 0 Å². The van der Waals surface area contributed by atoms with E-state index in [-0.39, 0.29) is 5.43 Å². The fourth-order valence-corrected chi connectivity index (χ4v) is 2.43. The van der Waals surface area contributed by atoms with Gasteiger partial charge in [0.05, 0.1) is 18.6 Å². The van der Waals surface area contributed by atoms with Crippen molar-refractivity contribution in [1.29, 1.82) is 0 Å². The minimum absolute atomic E-state index is 0.0694. The molecular formula is C19H17N3O4. The van der Waals surface area contributed by atoms with Crippen molar-refractivity contribution in [3.63, 3.8) is 0 Å². The van der Waals surface area contributed by atoms with Gasteiger partial charge in [0.2, 0.25) is 0 Å². The Morgan fingerprint density at radius 3 is 2.65 bits per heavy atom. The number of para-hydroxylation sites is 1. The lowest BCUT2D eigenvalue weighted by atomic mass is 10.1. The van der Waals surface area contributed by atoms with E-state index in [1.54, 1.807) is 12.1 Å². The topological polar surface area (TPSA) is 97.4 Å². The molecule has 0 bridgehead atoms.